The second-order valence-corrected chi connectivity index (χ2v) is 8.29. The number of hydrogen-bond acceptors (Lipinski definition) is 2. The van der Waals surface area contributed by atoms with E-state index in [9.17, 15) is 9.59 Å². The summed E-state index contributed by atoms with van der Waals surface area (Å²) in [7, 11) is 0. The van der Waals surface area contributed by atoms with Gasteiger partial charge in [-0.25, -0.2) is 0 Å². The molecule has 4 nitrogen and oxygen atoms in total. The summed E-state index contributed by atoms with van der Waals surface area (Å²) in [5, 5.41) is 3.76. The number of piperazine rings is 1. The molecule has 0 bridgehead atoms. The number of benzene rings is 1. The van der Waals surface area contributed by atoms with Crippen molar-refractivity contribution in [2.24, 2.45) is 11.8 Å². The van der Waals surface area contributed by atoms with E-state index in [1.165, 1.54) is 0 Å². The maximum atomic E-state index is 12.8. The average Bonchev–Trinajstić information content (AvgIpc) is 2.55. The Morgan fingerprint density at radius 1 is 1.19 bits per heavy atom. The van der Waals surface area contributed by atoms with Gasteiger partial charge in [0, 0.05) is 23.7 Å². The van der Waals surface area contributed by atoms with Gasteiger partial charge in [-0.1, -0.05) is 51.4 Å². The molecule has 1 aliphatic rings. The summed E-state index contributed by atoms with van der Waals surface area (Å²) in [6.07, 6.45) is 4.86. The van der Waals surface area contributed by atoms with Crippen LogP contribution in [-0.2, 0) is 9.59 Å². The lowest BCUT2D eigenvalue weighted by atomic mass is 9.95. The summed E-state index contributed by atoms with van der Waals surface area (Å²) in [5.41, 5.74) is 0.906. The van der Waals surface area contributed by atoms with Crippen LogP contribution in [0.3, 0.4) is 0 Å². The van der Waals surface area contributed by atoms with Gasteiger partial charge in [-0.3, -0.25) is 9.59 Å². The Bertz CT molecular complexity index is 652. The minimum absolute atomic E-state index is 0.0128. The Kier molecular flexibility index (Phi) is 7.27. The topological polar surface area (TPSA) is 49.4 Å². The smallest absolute Gasteiger partial charge is 0.247 e. The summed E-state index contributed by atoms with van der Waals surface area (Å²) < 4.78 is 0. The summed E-state index contributed by atoms with van der Waals surface area (Å²) in [5.74, 6) is 0.643. The number of rotatable bonds is 6. The van der Waals surface area contributed by atoms with Crippen molar-refractivity contribution >= 4 is 29.5 Å². The van der Waals surface area contributed by atoms with Crippen LogP contribution in [0.1, 0.15) is 46.1 Å². The quantitative estimate of drug-likeness (QED) is 0.758. The number of carbonyl (C=O) groups is 2. The molecule has 142 valence electrons. The van der Waals surface area contributed by atoms with Crippen LogP contribution in [0.15, 0.2) is 30.3 Å². The molecule has 1 aromatic rings. The normalized spacial score (nSPS) is 20.9. The number of nitrogens with one attached hydrogen (secondary N) is 1. The van der Waals surface area contributed by atoms with Crippen LogP contribution in [-0.4, -0.2) is 35.3 Å². The lowest BCUT2D eigenvalue weighted by molar-refractivity contribution is -0.142. The molecule has 0 radical (unpaired) electrons. The standard InChI is InChI=1S/C21H29ClN2O2/c1-14(2)11-18-13-24(19(12-15(3)4)21(26)23-18)20(25)10-7-16-5-8-17(22)9-6-16/h5-10,14-15,18-19H,11-13H2,1-4H3,(H,23,26). The van der Waals surface area contributed by atoms with Crippen molar-refractivity contribution in [1.82, 2.24) is 10.2 Å². The van der Waals surface area contributed by atoms with E-state index in [-0.39, 0.29) is 17.9 Å². The van der Waals surface area contributed by atoms with Crippen molar-refractivity contribution in [3.8, 4) is 0 Å². The van der Waals surface area contributed by atoms with Crippen LogP contribution in [0.4, 0.5) is 0 Å². The van der Waals surface area contributed by atoms with E-state index in [0.29, 0.717) is 29.8 Å². The van der Waals surface area contributed by atoms with E-state index in [4.69, 9.17) is 11.6 Å². The Labute approximate surface area is 161 Å². The molecule has 2 amide bonds. The fourth-order valence-electron chi connectivity index (χ4n) is 3.31. The largest absolute Gasteiger partial charge is 0.350 e. The number of carbonyl (C=O) groups excluding carboxylic acids is 2. The first-order chi connectivity index (χ1) is 12.3. The van der Waals surface area contributed by atoms with Crippen LogP contribution in [0.2, 0.25) is 5.02 Å². The van der Waals surface area contributed by atoms with Gasteiger partial charge in [0.25, 0.3) is 0 Å². The van der Waals surface area contributed by atoms with Gasteiger partial charge in [0.2, 0.25) is 11.8 Å². The van der Waals surface area contributed by atoms with Gasteiger partial charge in [-0.05, 0) is 48.4 Å². The van der Waals surface area contributed by atoms with Crippen molar-refractivity contribution in [1.29, 1.82) is 0 Å². The lowest BCUT2D eigenvalue weighted by Gasteiger charge is -2.40. The van der Waals surface area contributed by atoms with Crippen LogP contribution in [0.25, 0.3) is 6.08 Å². The Morgan fingerprint density at radius 3 is 2.38 bits per heavy atom. The zero-order chi connectivity index (χ0) is 19.3. The second kappa shape index (κ2) is 9.22. The molecule has 1 aromatic carbocycles. The summed E-state index contributed by atoms with van der Waals surface area (Å²) in [4.78, 5) is 27.2. The van der Waals surface area contributed by atoms with Gasteiger partial charge in [0.15, 0.2) is 0 Å². The third-order valence-corrected chi connectivity index (χ3v) is 4.72. The molecule has 2 unspecified atom stereocenters. The molecule has 1 aliphatic heterocycles. The Balaban J connectivity index is 2.16. The summed E-state index contributed by atoms with van der Waals surface area (Å²) in [6, 6.07) is 6.92. The van der Waals surface area contributed by atoms with Crippen LogP contribution in [0.5, 0.6) is 0 Å². The zero-order valence-electron chi connectivity index (χ0n) is 16.0. The Hall–Kier alpha value is -1.81. The lowest BCUT2D eigenvalue weighted by Crippen LogP contribution is -2.61. The fourth-order valence-corrected chi connectivity index (χ4v) is 3.44. The number of nitrogens with zero attached hydrogens (tertiary/aromatic N) is 1. The highest BCUT2D eigenvalue weighted by Crippen LogP contribution is 2.20. The van der Waals surface area contributed by atoms with Gasteiger partial charge >= 0.3 is 0 Å². The van der Waals surface area contributed by atoms with Crippen LogP contribution < -0.4 is 5.32 Å². The molecule has 1 N–H and O–H groups in total. The van der Waals surface area contributed by atoms with Gasteiger partial charge in [-0.15, -0.1) is 0 Å². The van der Waals surface area contributed by atoms with Crippen molar-refractivity contribution in [2.75, 3.05) is 6.54 Å². The predicted molar refractivity (Wildman–Crippen MR) is 107 cm³/mol. The number of hydrogen-bond donors (Lipinski definition) is 1. The first-order valence-corrected chi connectivity index (χ1v) is 9.68. The number of halogens is 1. The molecule has 1 heterocycles. The SMILES string of the molecule is CC(C)CC1CN(C(=O)C=Cc2ccc(Cl)cc2)C(CC(C)C)C(=O)N1. The van der Waals surface area contributed by atoms with Crippen LogP contribution >= 0.6 is 11.6 Å². The van der Waals surface area contributed by atoms with E-state index in [1.54, 1.807) is 29.2 Å². The monoisotopic (exact) mass is 376 g/mol. The maximum absolute atomic E-state index is 12.8. The van der Waals surface area contributed by atoms with Gasteiger partial charge in [0.1, 0.15) is 6.04 Å². The second-order valence-electron chi connectivity index (χ2n) is 7.86. The van der Waals surface area contributed by atoms with Crippen molar-refractivity contribution in [2.45, 2.75) is 52.6 Å². The molecule has 2 atom stereocenters. The van der Waals surface area contributed by atoms with E-state index in [2.05, 4.69) is 33.0 Å². The summed E-state index contributed by atoms with van der Waals surface area (Å²) in [6.45, 7) is 8.95. The molecule has 0 aromatic heterocycles. The molecular formula is C21H29ClN2O2. The number of amides is 2. The minimum Gasteiger partial charge on any atom is -0.350 e. The van der Waals surface area contributed by atoms with Gasteiger partial charge in [0.05, 0.1) is 0 Å². The molecule has 1 fully saturated rings. The summed E-state index contributed by atoms with van der Waals surface area (Å²) >= 11 is 5.89. The van der Waals surface area contributed by atoms with Crippen molar-refractivity contribution in [3.05, 3.63) is 40.9 Å². The van der Waals surface area contributed by atoms with Crippen LogP contribution in [0, 0.1) is 11.8 Å². The molecule has 2 rings (SSSR count). The maximum Gasteiger partial charge on any atom is 0.247 e. The predicted octanol–water partition coefficient (Wildman–Crippen LogP) is 4.14. The molecule has 0 aliphatic carbocycles. The molecule has 26 heavy (non-hydrogen) atoms. The van der Waals surface area contributed by atoms with E-state index in [1.807, 2.05) is 12.1 Å². The molecule has 1 saturated heterocycles. The first kappa shape index (κ1) is 20.5. The van der Waals surface area contributed by atoms with E-state index in [0.717, 1.165) is 12.0 Å². The van der Waals surface area contributed by atoms with E-state index < -0.39 is 6.04 Å². The highest BCUT2D eigenvalue weighted by atomic mass is 35.5. The Morgan fingerprint density at radius 2 is 1.81 bits per heavy atom. The molecule has 5 heteroatoms. The fraction of sp³-hybridized carbons (Fsp3) is 0.524. The minimum atomic E-state index is -0.402. The molecule has 0 saturated carbocycles. The molecular weight excluding hydrogens is 348 g/mol. The zero-order valence-corrected chi connectivity index (χ0v) is 16.8. The van der Waals surface area contributed by atoms with Crippen molar-refractivity contribution < 1.29 is 9.59 Å². The van der Waals surface area contributed by atoms with E-state index >= 15 is 0 Å². The third-order valence-electron chi connectivity index (χ3n) is 4.46. The van der Waals surface area contributed by atoms with Crippen molar-refractivity contribution in [3.63, 3.8) is 0 Å². The van der Waals surface area contributed by atoms with Gasteiger partial charge in [-0.2, -0.15) is 0 Å². The van der Waals surface area contributed by atoms with Gasteiger partial charge < -0.3 is 10.2 Å². The first-order valence-electron chi connectivity index (χ1n) is 9.31. The highest BCUT2D eigenvalue weighted by Gasteiger charge is 2.36. The third kappa shape index (κ3) is 5.87. The molecule has 0 spiro atoms. The highest BCUT2D eigenvalue weighted by molar-refractivity contribution is 6.30. The average molecular weight is 377 g/mol.